The lowest BCUT2D eigenvalue weighted by Gasteiger charge is -2.07. The van der Waals surface area contributed by atoms with Crippen molar-refractivity contribution in [3.05, 3.63) is 48.8 Å². The number of thiophene rings is 1. The number of halogens is 2. The van der Waals surface area contributed by atoms with Crippen LogP contribution in [0.15, 0.2) is 32.7 Å². The maximum atomic E-state index is 10.1. The summed E-state index contributed by atoms with van der Waals surface area (Å²) in [6.45, 7) is 2.00. The molecule has 90 valence electrons. The van der Waals surface area contributed by atoms with Crippen LogP contribution in [0.25, 0.3) is 0 Å². The molecule has 0 aliphatic heterocycles. The summed E-state index contributed by atoms with van der Waals surface area (Å²) >= 11 is 8.38. The summed E-state index contributed by atoms with van der Waals surface area (Å²) in [5, 5.41) is 10.1. The molecular weight excluding hydrogens is 366 g/mol. The van der Waals surface area contributed by atoms with Crippen LogP contribution in [0.1, 0.15) is 22.2 Å². The van der Waals surface area contributed by atoms with Crippen molar-refractivity contribution in [1.82, 2.24) is 4.98 Å². The zero-order chi connectivity index (χ0) is 12.4. The first kappa shape index (κ1) is 13.2. The van der Waals surface area contributed by atoms with Gasteiger partial charge in [-0.15, -0.1) is 11.3 Å². The molecule has 0 spiro atoms. The molecule has 0 bridgehead atoms. The molecule has 2 aromatic rings. The normalized spacial score (nSPS) is 12.7. The van der Waals surface area contributed by atoms with E-state index in [-0.39, 0.29) is 0 Å². The van der Waals surface area contributed by atoms with E-state index in [1.165, 1.54) is 11.3 Å². The van der Waals surface area contributed by atoms with E-state index in [0.717, 1.165) is 24.4 Å². The van der Waals surface area contributed by atoms with Crippen LogP contribution in [0, 0.1) is 6.92 Å². The first-order chi connectivity index (χ1) is 8.06. The van der Waals surface area contributed by atoms with Gasteiger partial charge < -0.3 is 5.11 Å². The zero-order valence-electron chi connectivity index (χ0n) is 9.15. The van der Waals surface area contributed by atoms with Gasteiger partial charge in [0.25, 0.3) is 0 Å². The van der Waals surface area contributed by atoms with Crippen molar-refractivity contribution in [2.24, 2.45) is 0 Å². The first-order valence-electron chi connectivity index (χ1n) is 5.10. The third-order valence-electron chi connectivity index (χ3n) is 2.37. The molecule has 1 unspecified atom stereocenters. The summed E-state index contributed by atoms with van der Waals surface area (Å²) in [7, 11) is 0. The number of aliphatic hydroxyl groups is 1. The van der Waals surface area contributed by atoms with E-state index in [1.807, 2.05) is 31.3 Å². The second-order valence-corrected chi connectivity index (χ2v) is 7.07. The number of aromatic nitrogens is 1. The van der Waals surface area contributed by atoms with Gasteiger partial charge in [0.05, 0.1) is 9.89 Å². The summed E-state index contributed by atoms with van der Waals surface area (Å²) in [6.07, 6.45) is 1.86. The van der Waals surface area contributed by atoms with Gasteiger partial charge in [0.1, 0.15) is 0 Å². The second-order valence-electron chi connectivity index (χ2n) is 3.82. The molecule has 1 atom stereocenters. The van der Waals surface area contributed by atoms with E-state index in [9.17, 15) is 5.11 Å². The van der Waals surface area contributed by atoms with Crippen LogP contribution in [0.5, 0.6) is 0 Å². The SMILES string of the molecule is Cc1ccc(CC(O)c2cc(Br)c(Br)s2)nc1. The Hall–Kier alpha value is -0.230. The van der Waals surface area contributed by atoms with Crippen molar-refractivity contribution in [3.8, 4) is 0 Å². The van der Waals surface area contributed by atoms with Crippen molar-refractivity contribution in [2.75, 3.05) is 0 Å². The average Bonchev–Trinajstić information content (AvgIpc) is 2.63. The fourth-order valence-electron chi connectivity index (χ4n) is 1.45. The lowest BCUT2D eigenvalue weighted by Crippen LogP contribution is -2.01. The van der Waals surface area contributed by atoms with Gasteiger partial charge in [-0.2, -0.15) is 0 Å². The van der Waals surface area contributed by atoms with Crippen LogP contribution < -0.4 is 0 Å². The molecule has 2 aromatic heterocycles. The van der Waals surface area contributed by atoms with Gasteiger partial charge >= 0.3 is 0 Å². The van der Waals surface area contributed by atoms with Crippen molar-refractivity contribution >= 4 is 43.2 Å². The van der Waals surface area contributed by atoms with E-state index >= 15 is 0 Å². The first-order valence-corrected chi connectivity index (χ1v) is 7.51. The molecule has 0 saturated carbocycles. The van der Waals surface area contributed by atoms with E-state index in [1.54, 1.807) is 0 Å². The highest BCUT2D eigenvalue weighted by Gasteiger charge is 2.14. The Morgan fingerprint density at radius 2 is 2.18 bits per heavy atom. The highest BCUT2D eigenvalue weighted by atomic mass is 79.9. The Balaban J connectivity index is 2.11. The van der Waals surface area contributed by atoms with Gasteiger partial charge in [0.15, 0.2) is 0 Å². The maximum absolute atomic E-state index is 10.1. The summed E-state index contributed by atoms with van der Waals surface area (Å²) in [5.74, 6) is 0. The van der Waals surface area contributed by atoms with Crippen LogP contribution in [0.2, 0.25) is 0 Å². The van der Waals surface area contributed by atoms with Crippen molar-refractivity contribution in [2.45, 2.75) is 19.4 Å². The zero-order valence-corrected chi connectivity index (χ0v) is 13.1. The lowest BCUT2D eigenvalue weighted by molar-refractivity contribution is 0.181. The van der Waals surface area contributed by atoms with Gasteiger partial charge in [-0.25, -0.2) is 0 Å². The maximum Gasteiger partial charge on any atom is 0.0938 e. The van der Waals surface area contributed by atoms with E-state index in [4.69, 9.17) is 0 Å². The summed E-state index contributed by atoms with van der Waals surface area (Å²) in [5.41, 5.74) is 2.04. The van der Waals surface area contributed by atoms with Gasteiger partial charge in [-0.3, -0.25) is 4.98 Å². The molecule has 2 rings (SSSR count). The Morgan fingerprint density at radius 1 is 1.41 bits per heavy atom. The van der Waals surface area contributed by atoms with Gasteiger partial charge in [-0.1, -0.05) is 6.07 Å². The molecule has 0 saturated heterocycles. The Bertz CT molecular complexity index is 490. The molecule has 0 aliphatic carbocycles. The minimum Gasteiger partial charge on any atom is -0.387 e. The number of aliphatic hydroxyl groups excluding tert-OH is 1. The monoisotopic (exact) mass is 375 g/mol. The highest BCUT2D eigenvalue weighted by Crippen LogP contribution is 2.36. The molecule has 5 heteroatoms. The number of pyridine rings is 1. The van der Waals surface area contributed by atoms with Gasteiger partial charge in [0, 0.05) is 27.7 Å². The van der Waals surface area contributed by atoms with Crippen molar-refractivity contribution < 1.29 is 5.11 Å². The summed E-state index contributed by atoms with van der Waals surface area (Å²) < 4.78 is 1.98. The predicted molar refractivity (Wildman–Crippen MR) is 77.4 cm³/mol. The molecule has 0 radical (unpaired) electrons. The molecule has 0 amide bonds. The van der Waals surface area contributed by atoms with Crippen LogP contribution in [-0.4, -0.2) is 10.1 Å². The molecular formula is C12H11Br2NOS. The standard InChI is InChI=1S/C12H11Br2NOS/c1-7-2-3-8(15-6-7)4-10(16)11-5-9(13)12(14)17-11/h2-3,5-6,10,16H,4H2,1H3. The lowest BCUT2D eigenvalue weighted by atomic mass is 10.1. The fourth-order valence-corrected chi connectivity index (χ4v) is 3.52. The largest absolute Gasteiger partial charge is 0.387 e. The second kappa shape index (κ2) is 5.61. The topological polar surface area (TPSA) is 33.1 Å². The fraction of sp³-hybridized carbons (Fsp3) is 0.250. The van der Waals surface area contributed by atoms with E-state index in [0.29, 0.717) is 6.42 Å². The Labute approximate surface area is 121 Å². The Kier molecular flexibility index (Phi) is 4.36. The third kappa shape index (κ3) is 3.37. The van der Waals surface area contributed by atoms with Crippen LogP contribution >= 0.6 is 43.2 Å². The quantitative estimate of drug-likeness (QED) is 0.868. The highest BCUT2D eigenvalue weighted by molar-refractivity contribution is 9.13. The smallest absolute Gasteiger partial charge is 0.0938 e. The van der Waals surface area contributed by atoms with Crippen LogP contribution in [0.3, 0.4) is 0 Å². The number of hydrogen-bond donors (Lipinski definition) is 1. The third-order valence-corrected chi connectivity index (χ3v) is 5.73. The number of nitrogens with zero attached hydrogens (tertiary/aromatic N) is 1. The minimum atomic E-state index is -0.502. The molecule has 0 fully saturated rings. The molecule has 0 aromatic carbocycles. The Morgan fingerprint density at radius 3 is 2.71 bits per heavy atom. The molecule has 2 heterocycles. The number of hydrogen-bond acceptors (Lipinski definition) is 3. The van der Waals surface area contributed by atoms with Gasteiger partial charge in [0.2, 0.25) is 0 Å². The molecule has 2 nitrogen and oxygen atoms in total. The van der Waals surface area contributed by atoms with E-state index < -0.39 is 6.10 Å². The van der Waals surface area contributed by atoms with Crippen molar-refractivity contribution in [1.29, 1.82) is 0 Å². The average molecular weight is 377 g/mol. The number of aryl methyl sites for hydroxylation is 1. The van der Waals surface area contributed by atoms with Crippen molar-refractivity contribution in [3.63, 3.8) is 0 Å². The molecule has 1 N–H and O–H groups in total. The molecule has 17 heavy (non-hydrogen) atoms. The van der Waals surface area contributed by atoms with Gasteiger partial charge in [-0.05, 0) is 56.5 Å². The van der Waals surface area contributed by atoms with Crippen LogP contribution in [-0.2, 0) is 6.42 Å². The minimum absolute atomic E-state index is 0.502. The number of rotatable bonds is 3. The summed E-state index contributed by atoms with van der Waals surface area (Å²) in [4.78, 5) is 5.23. The predicted octanol–water partition coefficient (Wildman–Crippen LogP) is 4.25. The molecule has 0 aliphatic rings. The van der Waals surface area contributed by atoms with Crippen LogP contribution in [0.4, 0.5) is 0 Å². The van der Waals surface area contributed by atoms with E-state index in [2.05, 4.69) is 36.8 Å². The summed E-state index contributed by atoms with van der Waals surface area (Å²) in [6, 6.07) is 5.90.